The Labute approximate surface area is 206 Å². The molecule has 2 N–H and O–H groups in total. The lowest BCUT2D eigenvalue weighted by molar-refractivity contribution is 0.00578. The second-order valence-electron chi connectivity index (χ2n) is 10.8. The van der Waals surface area contributed by atoms with Crippen molar-refractivity contribution in [3.8, 4) is 5.69 Å². The molecule has 1 aliphatic rings. The van der Waals surface area contributed by atoms with Crippen molar-refractivity contribution in [2.75, 3.05) is 10.6 Å². The first kappa shape index (κ1) is 24.9. The number of aromatic nitrogens is 2. The zero-order chi connectivity index (χ0) is 25.6. The molecule has 184 valence electrons. The second-order valence-corrected chi connectivity index (χ2v) is 10.8. The van der Waals surface area contributed by atoms with Gasteiger partial charge < -0.3 is 14.6 Å². The molecule has 0 bridgehead atoms. The predicted molar refractivity (Wildman–Crippen MR) is 137 cm³/mol. The van der Waals surface area contributed by atoms with E-state index in [1.54, 1.807) is 10.7 Å². The van der Waals surface area contributed by atoms with E-state index in [9.17, 15) is 9.18 Å². The molecule has 35 heavy (non-hydrogen) atoms. The minimum Gasteiger partial charge on any atom is -0.399 e. The average molecular weight is 478 g/mol. The molecular formula is C26H32BFN4O3. The Morgan fingerprint density at radius 2 is 1.60 bits per heavy atom. The Hall–Kier alpha value is -3.17. The molecule has 0 saturated carbocycles. The summed E-state index contributed by atoms with van der Waals surface area (Å²) in [6.45, 7) is 13.9. The van der Waals surface area contributed by atoms with E-state index < -0.39 is 30.2 Å². The molecule has 0 spiro atoms. The lowest BCUT2D eigenvalue weighted by atomic mass is 9.79. The highest BCUT2D eigenvalue weighted by atomic mass is 19.1. The smallest absolute Gasteiger partial charge is 0.399 e. The molecule has 2 aromatic carbocycles. The number of anilines is 2. The van der Waals surface area contributed by atoms with Crippen LogP contribution < -0.4 is 16.1 Å². The fraction of sp³-hybridized carbons (Fsp3) is 0.385. The summed E-state index contributed by atoms with van der Waals surface area (Å²) in [5, 5.41) is 10.1. The van der Waals surface area contributed by atoms with E-state index in [0.717, 1.165) is 11.4 Å². The van der Waals surface area contributed by atoms with Crippen molar-refractivity contribution in [1.82, 2.24) is 9.78 Å². The Kier molecular flexibility index (Phi) is 6.27. The van der Waals surface area contributed by atoms with Crippen LogP contribution in [0.25, 0.3) is 5.69 Å². The first-order chi connectivity index (χ1) is 16.3. The van der Waals surface area contributed by atoms with E-state index in [1.807, 2.05) is 84.9 Å². The Bertz CT molecular complexity index is 1220. The number of halogens is 1. The quantitative estimate of drug-likeness (QED) is 0.502. The third-order valence-corrected chi connectivity index (χ3v) is 6.49. The topological polar surface area (TPSA) is 77.4 Å². The van der Waals surface area contributed by atoms with Crippen LogP contribution in [0.3, 0.4) is 0 Å². The van der Waals surface area contributed by atoms with E-state index in [-0.39, 0.29) is 11.1 Å². The molecule has 1 aromatic heterocycles. The highest BCUT2D eigenvalue weighted by molar-refractivity contribution is 6.62. The number of para-hydroxylation sites is 1. The maximum absolute atomic E-state index is 14.9. The lowest BCUT2D eigenvalue weighted by Gasteiger charge is -2.32. The number of amides is 2. The van der Waals surface area contributed by atoms with Crippen molar-refractivity contribution in [3.05, 3.63) is 66.1 Å². The van der Waals surface area contributed by atoms with Gasteiger partial charge in [-0.25, -0.2) is 13.9 Å². The number of carbonyl (C=O) groups is 1. The van der Waals surface area contributed by atoms with E-state index >= 15 is 0 Å². The molecular weight excluding hydrogens is 446 g/mol. The van der Waals surface area contributed by atoms with Gasteiger partial charge in [-0.05, 0) is 57.4 Å². The van der Waals surface area contributed by atoms with Crippen molar-refractivity contribution in [3.63, 3.8) is 0 Å². The van der Waals surface area contributed by atoms with Gasteiger partial charge in [-0.15, -0.1) is 0 Å². The number of nitrogens with zero attached hydrogens (tertiary/aromatic N) is 2. The third kappa shape index (κ3) is 5.11. The van der Waals surface area contributed by atoms with Crippen LogP contribution in [0.2, 0.25) is 0 Å². The van der Waals surface area contributed by atoms with Crippen molar-refractivity contribution in [1.29, 1.82) is 0 Å². The summed E-state index contributed by atoms with van der Waals surface area (Å²) in [7, 11) is -0.687. The number of benzene rings is 2. The van der Waals surface area contributed by atoms with Crippen molar-refractivity contribution >= 4 is 30.1 Å². The van der Waals surface area contributed by atoms with Gasteiger partial charge in [0, 0.05) is 11.5 Å². The Balaban J connectivity index is 1.52. The van der Waals surface area contributed by atoms with Gasteiger partial charge in [0.15, 0.2) is 0 Å². The monoisotopic (exact) mass is 478 g/mol. The molecule has 9 heteroatoms. The highest BCUT2D eigenvalue weighted by Gasteiger charge is 2.51. The number of urea groups is 1. The Morgan fingerprint density at radius 1 is 0.971 bits per heavy atom. The predicted octanol–water partition coefficient (Wildman–Crippen LogP) is 5.25. The summed E-state index contributed by atoms with van der Waals surface area (Å²) in [6, 6.07) is 15.3. The molecule has 0 radical (unpaired) electrons. The fourth-order valence-corrected chi connectivity index (χ4v) is 3.63. The highest BCUT2D eigenvalue weighted by Crippen LogP contribution is 2.36. The van der Waals surface area contributed by atoms with E-state index in [2.05, 4.69) is 15.7 Å². The van der Waals surface area contributed by atoms with Crippen molar-refractivity contribution < 1.29 is 18.5 Å². The molecule has 4 rings (SSSR count). The van der Waals surface area contributed by atoms with Gasteiger partial charge in [-0.3, -0.25) is 5.32 Å². The van der Waals surface area contributed by atoms with Gasteiger partial charge in [-0.2, -0.15) is 5.10 Å². The fourth-order valence-electron chi connectivity index (χ4n) is 3.63. The molecule has 0 atom stereocenters. The zero-order valence-corrected chi connectivity index (χ0v) is 21.3. The molecule has 7 nitrogen and oxygen atoms in total. The van der Waals surface area contributed by atoms with Crippen LogP contribution in [0.5, 0.6) is 0 Å². The second kappa shape index (κ2) is 8.80. The van der Waals surface area contributed by atoms with Crippen LogP contribution >= 0.6 is 0 Å². The van der Waals surface area contributed by atoms with Crippen LogP contribution in [0.4, 0.5) is 20.7 Å². The first-order valence-electron chi connectivity index (χ1n) is 11.7. The molecule has 0 unspecified atom stereocenters. The number of carbonyl (C=O) groups excluding carboxylic acids is 1. The standard InChI is InChI=1S/C26H32BFN4O3/c1-24(2,3)21-16-22(32(31-21)18-11-9-8-10-12-18)30-23(33)29-20-14-13-17(15-19(20)28)27-34-25(4,5)26(6,7)35-27/h8-16H,1-7H3,(H2,29,30,33). The van der Waals surface area contributed by atoms with Crippen molar-refractivity contribution in [2.45, 2.75) is 65.1 Å². The molecule has 1 aliphatic heterocycles. The summed E-state index contributed by atoms with van der Waals surface area (Å²) >= 11 is 0. The van der Waals surface area contributed by atoms with Gasteiger partial charge in [-0.1, -0.05) is 45.0 Å². The lowest BCUT2D eigenvalue weighted by Crippen LogP contribution is -2.41. The molecule has 0 aliphatic carbocycles. The van der Waals surface area contributed by atoms with Crippen LogP contribution in [-0.4, -0.2) is 34.1 Å². The van der Waals surface area contributed by atoms with E-state index in [0.29, 0.717) is 11.3 Å². The van der Waals surface area contributed by atoms with Crippen molar-refractivity contribution in [2.24, 2.45) is 0 Å². The summed E-state index contributed by atoms with van der Waals surface area (Å²) in [5.74, 6) is -0.104. The summed E-state index contributed by atoms with van der Waals surface area (Å²) in [5.41, 5.74) is 0.930. The van der Waals surface area contributed by atoms with Gasteiger partial charge in [0.2, 0.25) is 0 Å². The maximum Gasteiger partial charge on any atom is 0.494 e. The molecule has 1 saturated heterocycles. The zero-order valence-electron chi connectivity index (χ0n) is 21.3. The normalized spacial score (nSPS) is 16.9. The largest absolute Gasteiger partial charge is 0.494 e. The minimum atomic E-state index is -0.687. The first-order valence-corrected chi connectivity index (χ1v) is 11.7. The number of nitrogens with one attached hydrogen (secondary N) is 2. The van der Waals surface area contributed by atoms with Gasteiger partial charge in [0.1, 0.15) is 11.6 Å². The van der Waals surface area contributed by atoms with E-state index in [4.69, 9.17) is 9.31 Å². The third-order valence-electron chi connectivity index (χ3n) is 6.49. The van der Waals surface area contributed by atoms with Gasteiger partial charge in [0.25, 0.3) is 0 Å². The molecule has 3 aromatic rings. The summed E-state index contributed by atoms with van der Waals surface area (Å²) in [4.78, 5) is 12.8. The van der Waals surface area contributed by atoms with Gasteiger partial charge >= 0.3 is 13.1 Å². The average Bonchev–Trinajstić information content (AvgIpc) is 3.28. The number of hydrogen-bond acceptors (Lipinski definition) is 4. The summed E-state index contributed by atoms with van der Waals surface area (Å²) in [6.07, 6.45) is 0. The molecule has 1 fully saturated rings. The SMILES string of the molecule is CC(C)(C)c1cc(NC(=O)Nc2ccc(B3OC(C)(C)C(C)(C)O3)cc2F)n(-c2ccccc2)n1. The van der Waals surface area contributed by atoms with Gasteiger partial charge in [0.05, 0.1) is 28.3 Å². The molecule has 2 heterocycles. The number of rotatable bonds is 4. The number of hydrogen-bond donors (Lipinski definition) is 2. The maximum atomic E-state index is 14.9. The van der Waals surface area contributed by atoms with Crippen LogP contribution in [0.1, 0.15) is 54.2 Å². The summed E-state index contributed by atoms with van der Waals surface area (Å²) < 4.78 is 28.6. The Morgan fingerprint density at radius 3 is 2.17 bits per heavy atom. The molecule has 2 amide bonds. The van der Waals surface area contributed by atoms with E-state index in [1.165, 1.54) is 12.1 Å². The van der Waals surface area contributed by atoms with Crippen LogP contribution in [0, 0.1) is 5.82 Å². The minimum absolute atomic E-state index is 0.0459. The van der Waals surface area contributed by atoms with Crippen LogP contribution in [-0.2, 0) is 14.7 Å². The van der Waals surface area contributed by atoms with Crippen LogP contribution in [0.15, 0.2) is 54.6 Å².